The molecule has 0 bridgehead atoms. The number of carbonyl (C=O) groups is 1. The van der Waals surface area contributed by atoms with Crippen LogP contribution in [0.1, 0.15) is 5.56 Å². The number of fused-ring (bicyclic) bond motifs is 2. The van der Waals surface area contributed by atoms with Crippen LogP contribution in [0.5, 0.6) is 0 Å². The lowest BCUT2D eigenvalue weighted by atomic mass is 10.1. The summed E-state index contributed by atoms with van der Waals surface area (Å²) in [7, 11) is 0. The molecule has 0 atom stereocenters. The summed E-state index contributed by atoms with van der Waals surface area (Å²) in [5.74, 6) is -1.54. The van der Waals surface area contributed by atoms with E-state index in [0.717, 1.165) is 0 Å². The van der Waals surface area contributed by atoms with E-state index < -0.39 is 5.79 Å². The summed E-state index contributed by atoms with van der Waals surface area (Å²) in [4.78, 5) is 11.8. The van der Waals surface area contributed by atoms with E-state index >= 15 is 0 Å². The third-order valence-corrected chi connectivity index (χ3v) is 2.81. The number of carbonyl (C=O) groups excluding carboxylic acids is 1. The summed E-state index contributed by atoms with van der Waals surface area (Å²) >= 11 is 5.88. The number of ether oxygens (including phenoxy) is 2. The summed E-state index contributed by atoms with van der Waals surface area (Å²) in [5, 5.41) is 3.27. The van der Waals surface area contributed by atoms with Gasteiger partial charge in [-0.1, -0.05) is 11.6 Å². The van der Waals surface area contributed by atoms with Crippen LogP contribution < -0.4 is 5.32 Å². The molecule has 0 aliphatic carbocycles. The number of benzene rings is 1. The van der Waals surface area contributed by atoms with E-state index in [1.54, 1.807) is 18.2 Å². The topological polar surface area (TPSA) is 47.6 Å². The maximum Gasteiger partial charge on any atom is 0.289 e. The van der Waals surface area contributed by atoms with Gasteiger partial charge in [0, 0.05) is 10.6 Å². The highest BCUT2D eigenvalue weighted by atomic mass is 35.5. The second-order valence-electron chi connectivity index (χ2n) is 3.46. The predicted octanol–water partition coefficient (Wildman–Crippen LogP) is 1.49. The minimum absolute atomic E-state index is 0.280. The van der Waals surface area contributed by atoms with Crippen molar-refractivity contribution in [1.29, 1.82) is 0 Å². The lowest BCUT2D eigenvalue weighted by Gasteiger charge is -2.18. The van der Waals surface area contributed by atoms with Gasteiger partial charge in [-0.2, -0.15) is 0 Å². The Morgan fingerprint density at radius 1 is 1.33 bits per heavy atom. The highest BCUT2D eigenvalue weighted by molar-refractivity contribution is 6.31. The van der Waals surface area contributed by atoms with E-state index in [1.165, 1.54) is 0 Å². The van der Waals surface area contributed by atoms with Gasteiger partial charge < -0.3 is 14.8 Å². The van der Waals surface area contributed by atoms with Crippen LogP contribution in [0.2, 0.25) is 5.02 Å². The second kappa shape index (κ2) is 2.95. The van der Waals surface area contributed by atoms with Crippen molar-refractivity contribution in [1.82, 2.24) is 0 Å². The number of nitrogens with one attached hydrogen (secondary N) is 1. The zero-order valence-corrected chi connectivity index (χ0v) is 8.50. The Morgan fingerprint density at radius 2 is 2.07 bits per heavy atom. The maximum atomic E-state index is 11.8. The van der Waals surface area contributed by atoms with Crippen molar-refractivity contribution in [2.45, 2.75) is 5.79 Å². The molecule has 2 aliphatic heterocycles. The number of halogens is 1. The summed E-state index contributed by atoms with van der Waals surface area (Å²) in [6.45, 7) is 0.832. The van der Waals surface area contributed by atoms with Gasteiger partial charge in [-0.3, -0.25) is 4.79 Å². The van der Waals surface area contributed by atoms with Gasteiger partial charge >= 0.3 is 0 Å². The molecular weight excluding hydrogens is 218 g/mol. The smallest absolute Gasteiger partial charge is 0.289 e. The van der Waals surface area contributed by atoms with Crippen molar-refractivity contribution in [3.63, 3.8) is 0 Å². The van der Waals surface area contributed by atoms with Gasteiger partial charge in [0.1, 0.15) is 0 Å². The highest BCUT2D eigenvalue weighted by Crippen LogP contribution is 2.43. The first-order chi connectivity index (χ1) is 7.22. The van der Waals surface area contributed by atoms with Crippen LogP contribution in [0, 0.1) is 0 Å². The molecule has 1 amide bonds. The van der Waals surface area contributed by atoms with Gasteiger partial charge in [-0.05, 0) is 18.2 Å². The fourth-order valence-electron chi connectivity index (χ4n) is 1.92. The van der Waals surface area contributed by atoms with Gasteiger partial charge in [-0.15, -0.1) is 0 Å². The fraction of sp³-hybridized carbons (Fsp3) is 0.300. The number of hydrogen-bond donors (Lipinski definition) is 1. The normalized spacial score (nSPS) is 21.8. The Morgan fingerprint density at radius 3 is 2.80 bits per heavy atom. The molecule has 2 heterocycles. The Balaban J connectivity index is 2.19. The molecule has 4 nitrogen and oxygen atoms in total. The largest absolute Gasteiger partial charge is 0.336 e. The lowest BCUT2D eigenvalue weighted by Crippen LogP contribution is -2.35. The van der Waals surface area contributed by atoms with E-state index in [0.29, 0.717) is 29.5 Å². The first kappa shape index (κ1) is 9.15. The third kappa shape index (κ3) is 1.13. The Kier molecular flexibility index (Phi) is 1.80. The first-order valence-corrected chi connectivity index (χ1v) is 4.99. The van der Waals surface area contributed by atoms with Crippen molar-refractivity contribution in [3.05, 3.63) is 28.8 Å². The SMILES string of the molecule is O=C1Nc2ccc(Cl)cc2C12OCCO2. The van der Waals surface area contributed by atoms with E-state index in [-0.39, 0.29) is 5.91 Å². The minimum atomic E-state index is -1.26. The molecule has 5 heteroatoms. The molecule has 1 aromatic carbocycles. The van der Waals surface area contributed by atoms with Gasteiger partial charge in [0.2, 0.25) is 0 Å². The highest BCUT2D eigenvalue weighted by Gasteiger charge is 2.52. The molecule has 1 aromatic rings. The molecule has 0 unspecified atom stereocenters. The average Bonchev–Trinajstić information content (AvgIpc) is 2.78. The van der Waals surface area contributed by atoms with Crippen molar-refractivity contribution < 1.29 is 14.3 Å². The standard InChI is InChI=1S/C10H8ClNO3/c11-6-1-2-8-7(5-6)10(9(13)12-8)14-3-4-15-10/h1-2,5H,3-4H2,(H,12,13). The molecule has 15 heavy (non-hydrogen) atoms. The summed E-state index contributed by atoms with van der Waals surface area (Å²) in [5.41, 5.74) is 1.36. The lowest BCUT2D eigenvalue weighted by molar-refractivity contribution is -0.178. The summed E-state index contributed by atoms with van der Waals surface area (Å²) in [6.07, 6.45) is 0. The van der Waals surface area contributed by atoms with Gasteiger partial charge in [0.05, 0.1) is 18.9 Å². The zero-order chi connectivity index (χ0) is 10.5. The molecular formula is C10H8ClNO3. The average molecular weight is 226 g/mol. The van der Waals surface area contributed by atoms with Crippen LogP contribution in [0.3, 0.4) is 0 Å². The molecule has 1 N–H and O–H groups in total. The minimum Gasteiger partial charge on any atom is -0.336 e. The van der Waals surface area contributed by atoms with Crippen molar-refractivity contribution in [3.8, 4) is 0 Å². The molecule has 1 saturated heterocycles. The van der Waals surface area contributed by atoms with Crippen molar-refractivity contribution in [2.75, 3.05) is 18.5 Å². The van der Waals surface area contributed by atoms with E-state index in [2.05, 4.69) is 5.32 Å². The fourth-order valence-corrected chi connectivity index (χ4v) is 2.10. The molecule has 3 rings (SSSR count). The molecule has 0 radical (unpaired) electrons. The predicted molar refractivity (Wildman–Crippen MR) is 53.7 cm³/mol. The van der Waals surface area contributed by atoms with Crippen molar-refractivity contribution >= 4 is 23.2 Å². The number of amides is 1. The molecule has 0 aromatic heterocycles. The van der Waals surface area contributed by atoms with E-state index in [9.17, 15) is 4.79 Å². The quantitative estimate of drug-likeness (QED) is 0.728. The monoisotopic (exact) mass is 225 g/mol. The Labute approximate surface area is 91.1 Å². The van der Waals surface area contributed by atoms with Gasteiger partial charge in [0.15, 0.2) is 0 Å². The van der Waals surface area contributed by atoms with Crippen molar-refractivity contribution in [2.24, 2.45) is 0 Å². The summed E-state index contributed by atoms with van der Waals surface area (Å²) < 4.78 is 10.8. The Bertz CT molecular complexity index is 440. The Hall–Kier alpha value is -1.10. The van der Waals surface area contributed by atoms with Crippen LogP contribution in [0.15, 0.2) is 18.2 Å². The van der Waals surface area contributed by atoms with Gasteiger partial charge in [-0.25, -0.2) is 0 Å². The molecule has 2 aliphatic rings. The first-order valence-electron chi connectivity index (χ1n) is 4.62. The molecule has 1 spiro atoms. The number of hydrogen-bond acceptors (Lipinski definition) is 3. The van der Waals surface area contributed by atoms with Crippen LogP contribution >= 0.6 is 11.6 Å². The number of rotatable bonds is 0. The van der Waals surface area contributed by atoms with Crippen LogP contribution in [0.25, 0.3) is 0 Å². The zero-order valence-electron chi connectivity index (χ0n) is 7.75. The van der Waals surface area contributed by atoms with Crippen LogP contribution in [-0.2, 0) is 20.1 Å². The number of anilines is 1. The molecule has 78 valence electrons. The van der Waals surface area contributed by atoms with Gasteiger partial charge in [0.25, 0.3) is 11.7 Å². The third-order valence-electron chi connectivity index (χ3n) is 2.58. The van der Waals surface area contributed by atoms with Crippen LogP contribution in [0.4, 0.5) is 5.69 Å². The molecule has 1 fully saturated rings. The van der Waals surface area contributed by atoms with E-state index in [4.69, 9.17) is 21.1 Å². The second-order valence-corrected chi connectivity index (χ2v) is 3.89. The summed E-state index contributed by atoms with van der Waals surface area (Å²) in [6, 6.07) is 5.16. The maximum absolute atomic E-state index is 11.8. The van der Waals surface area contributed by atoms with E-state index in [1.807, 2.05) is 0 Å². The molecule has 0 saturated carbocycles. The van der Waals surface area contributed by atoms with Crippen LogP contribution in [-0.4, -0.2) is 19.1 Å².